The summed E-state index contributed by atoms with van der Waals surface area (Å²) in [5, 5.41) is 0. The number of ether oxygens (including phenoxy) is 1. The Morgan fingerprint density at radius 3 is 2.50 bits per heavy atom. The lowest BCUT2D eigenvalue weighted by Gasteiger charge is -2.35. The van der Waals surface area contributed by atoms with Crippen molar-refractivity contribution in [3.8, 4) is 0 Å². The van der Waals surface area contributed by atoms with Gasteiger partial charge in [0.2, 0.25) is 5.91 Å². The summed E-state index contributed by atoms with van der Waals surface area (Å²) in [6, 6.07) is 6.51. The van der Waals surface area contributed by atoms with Crippen molar-refractivity contribution >= 4 is 11.7 Å². The van der Waals surface area contributed by atoms with Gasteiger partial charge in [0.25, 0.3) is 0 Å². The zero-order valence-electron chi connectivity index (χ0n) is 20.9. The van der Waals surface area contributed by atoms with Crippen LogP contribution in [0.1, 0.15) is 63.2 Å². The maximum atomic E-state index is 13.3. The molecule has 184 valence electrons. The second-order valence-corrected chi connectivity index (χ2v) is 10.9. The number of halogens is 1. The Bertz CT molecular complexity index is 997. The van der Waals surface area contributed by atoms with Gasteiger partial charge in [-0.25, -0.2) is 14.4 Å². The zero-order valence-corrected chi connectivity index (χ0v) is 20.9. The Labute approximate surface area is 202 Å². The molecule has 7 heteroatoms. The highest BCUT2D eigenvalue weighted by Gasteiger charge is 2.29. The fourth-order valence-electron chi connectivity index (χ4n) is 5.10. The van der Waals surface area contributed by atoms with E-state index in [9.17, 15) is 9.18 Å². The molecule has 0 saturated carbocycles. The number of nitrogens with zero attached hydrogens (tertiary/aromatic N) is 4. The van der Waals surface area contributed by atoms with Crippen molar-refractivity contribution in [2.75, 3.05) is 37.7 Å². The van der Waals surface area contributed by atoms with Crippen LogP contribution in [0.25, 0.3) is 0 Å². The van der Waals surface area contributed by atoms with Crippen molar-refractivity contribution in [3.63, 3.8) is 0 Å². The Hall–Kier alpha value is -2.54. The number of benzene rings is 1. The van der Waals surface area contributed by atoms with Gasteiger partial charge >= 0.3 is 0 Å². The molecule has 1 saturated heterocycles. The zero-order chi connectivity index (χ0) is 24.3. The number of carbonyl (C=O) groups is 1. The van der Waals surface area contributed by atoms with Gasteiger partial charge < -0.3 is 14.5 Å². The summed E-state index contributed by atoms with van der Waals surface area (Å²) in [5.74, 6) is 1.98. The summed E-state index contributed by atoms with van der Waals surface area (Å²) >= 11 is 0. The molecule has 1 unspecified atom stereocenters. The third-order valence-corrected chi connectivity index (χ3v) is 6.51. The molecule has 0 spiro atoms. The number of anilines is 1. The van der Waals surface area contributed by atoms with Gasteiger partial charge in [0.15, 0.2) is 0 Å². The first-order chi connectivity index (χ1) is 16.2. The summed E-state index contributed by atoms with van der Waals surface area (Å²) in [7, 11) is 0. The molecule has 2 aromatic rings. The quantitative estimate of drug-likeness (QED) is 0.629. The molecule has 0 aliphatic carbocycles. The SMILES string of the molecule is CC(CC(=O)N1CCc2nc(Cc3ccc(F)cc3)nc(N3CCOCC3)c2C1)CC(C)(C)C. The molecule has 1 aromatic heterocycles. The first-order valence-electron chi connectivity index (χ1n) is 12.4. The fourth-order valence-corrected chi connectivity index (χ4v) is 5.10. The highest BCUT2D eigenvalue weighted by Crippen LogP contribution is 2.30. The number of fused-ring (bicyclic) bond motifs is 1. The van der Waals surface area contributed by atoms with Crippen molar-refractivity contribution in [1.82, 2.24) is 14.9 Å². The van der Waals surface area contributed by atoms with Crippen LogP contribution in [0.4, 0.5) is 10.2 Å². The first-order valence-corrected chi connectivity index (χ1v) is 12.4. The molecule has 1 fully saturated rings. The van der Waals surface area contributed by atoms with Gasteiger partial charge in [-0.05, 0) is 35.4 Å². The molecule has 3 heterocycles. The largest absolute Gasteiger partial charge is 0.378 e. The van der Waals surface area contributed by atoms with Crippen LogP contribution in [0.3, 0.4) is 0 Å². The third-order valence-electron chi connectivity index (χ3n) is 6.51. The highest BCUT2D eigenvalue weighted by molar-refractivity contribution is 5.77. The second kappa shape index (κ2) is 10.4. The van der Waals surface area contributed by atoms with Crippen molar-refractivity contribution in [3.05, 3.63) is 52.7 Å². The average molecular weight is 469 g/mol. The number of carbonyl (C=O) groups excluding carboxylic acids is 1. The Kier molecular flexibility index (Phi) is 7.51. The fraction of sp³-hybridized carbons (Fsp3) is 0.593. The lowest BCUT2D eigenvalue weighted by atomic mass is 9.84. The Morgan fingerprint density at radius 1 is 1.12 bits per heavy atom. The molecule has 1 amide bonds. The number of amides is 1. The van der Waals surface area contributed by atoms with Crippen LogP contribution < -0.4 is 4.90 Å². The van der Waals surface area contributed by atoms with Gasteiger partial charge in [-0.1, -0.05) is 39.8 Å². The average Bonchev–Trinajstić information content (AvgIpc) is 2.79. The predicted molar refractivity (Wildman–Crippen MR) is 131 cm³/mol. The van der Waals surface area contributed by atoms with Crippen LogP contribution in [0.5, 0.6) is 0 Å². The summed E-state index contributed by atoms with van der Waals surface area (Å²) in [6.07, 6.45) is 2.88. The maximum absolute atomic E-state index is 13.3. The van der Waals surface area contributed by atoms with E-state index in [4.69, 9.17) is 14.7 Å². The van der Waals surface area contributed by atoms with Gasteiger partial charge in [0.05, 0.1) is 25.5 Å². The maximum Gasteiger partial charge on any atom is 0.223 e. The van der Waals surface area contributed by atoms with E-state index >= 15 is 0 Å². The topological polar surface area (TPSA) is 58.6 Å². The molecule has 6 nitrogen and oxygen atoms in total. The molecule has 4 rings (SSSR count). The number of aromatic nitrogens is 2. The van der Waals surface area contributed by atoms with Gasteiger partial charge in [0.1, 0.15) is 17.5 Å². The van der Waals surface area contributed by atoms with E-state index in [1.165, 1.54) is 12.1 Å². The van der Waals surface area contributed by atoms with Crippen LogP contribution in [-0.2, 0) is 28.9 Å². The standard InChI is InChI=1S/C27H37FN4O2/c1-19(17-27(2,3)4)15-25(33)32-10-9-23-22(18-32)26(31-11-13-34-14-12-31)30-24(29-23)16-20-5-7-21(28)8-6-20/h5-8,19H,9-18H2,1-4H3. The summed E-state index contributed by atoms with van der Waals surface area (Å²) in [6.45, 7) is 13.0. The summed E-state index contributed by atoms with van der Waals surface area (Å²) in [5.41, 5.74) is 3.29. The third kappa shape index (κ3) is 6.32. The number of rotatable bonds is 6. The summed E-state index contributed by atoms with van der Waals surface area (Å²) in [4.78, 5) is 27.2. The van der Waals surface area contributed by atoms with Crippen LogP contribution in [0.15, 0.2) is 24.3 Å². The summed E-state index contributed by atoms with van der Waals surface area (Å²) < 4.78 is 18.9. The molecule has 0 bridgehead atoms. The molecular formula is C27H37FN4O2. The smallest absolute Gasteiger partial charge is 0.223 e. The Balaban J connectivity index is 1.56. The normalized spacial score (nSPS) is 17.4. The number of hydrogen-bond acceptors (Lipinski definition) is 5. The van der Waals surface area contributed by atoms with Crippen molar-refractivity contribution in [2.24, 2.45) is 11.3 Å². The predicted octanol–water partition coefficient (Wildman–Crippen LogP) is 4.39. The minimum absolute atomic E-state index is 0.214. The lowest BCUT2D eigenvalue weighted by Crippen LogP contribution is -2.41. The van der Waals surface area contributed by atoms with Crippen LogP contribution >= 0.6 is 0 Å². The van der Waals surface area contributed by atoms with E-state index in [-0.39, 0.29) is 17.1 Å². The molecule has 1 aromatic carbocycles. The van der Waals surface area contributed by atoms with Crippen molar-refractivity contribution < 1.29 is 13.9 Å². The molecule has 2 aliphatic heterocycles. The first kappa shape index (κ1) is 24.6. The van der Waals surface area contributed by atoms with Gasteiger partial charge in [-0.15, -0.1) is 0 Å². The van der Waals surface area contributed by atoms with E-state index in [0.29, 0.717) is 45.1 Å². The van der Waals surface area contributed by atoms with Gasteiger partial charge in [0, 0.05) is 44.5 Å². The van der Waals surface area contributed by atoms with E-state index in [1.807, 2.05) is 4.90 Å². The Morgan fingerprint density at radius 2 is 1.82 bits per heavy atom. The molecule has 0 radical (unpaired) electrons. The lowest BCUT2D eigenvalue weighted by molar-refractivity contribution is -0.133. The van der Waals surface area contributed by atoms with Gasteiger partial charge in [-0.2, -0.15) is 0 Å². The molecule has 2 aliphatic rings. The molecule has 34 heavy (non-hydrogen) atoms. The van der Waals surface area contributed by atoms with E-state index < -0.39 is 0 Å². The highest BCUT2D eigenvalue weighted by atomic mass is 19.1. The van der Waals surface area contributed by atoms with Crippen LogP contribution in [0, 0.1) is 17.2 Å². The van der Waals surface area contributed by atoms with Crippen molar-refractivity contribution in [2.45, 2.75) is 59.9 Å². The monoisotopic (exact) mass is 468 g/mol. The molecule has 1 atom stereocenters. The minimum atomic E-state index is -0.245. The van der Waals surface area contributed by atoms with Gasteiger partial charge in [-0.3, -0.25) is 4.79 Å². The molecular weight excluding hydrogens is 431 g/mol. The minimum Gasteiger partial charge on any atom is -0.378 e. The second-order valence-electron chi connectivity index (χ2n) is 10.9. The van der Waals surface area contributed by atoms with E-state index in [0.717, 1.165) is 54.4 Å². The molecule has 0 N–H and O–H groups in total. The number of hydrogen-bond donors (Lipinski definition) is 0. The van der Waals surface area contributed by atoms with Crippen LogP contribution in [0.2, 0.25) is 0 Å². The van der Waals surface area contributed by atoms with Crippen LogP contribution in [-0.4, -0.2) is 53.6 Å². The number of morpholine rings is 1. The van der Waals surface area contributed by atoms with E-state index in [1.54, 1.807) is 12.1 Å². The van der Waals surface area contributed by atoms with Crippen molar-refractivity contribution in [1.29, 1.82) is 0 Å². The van der Waals surface area contributed by atoms with E-state index in [2.05, 4.69) is 32.6 Å².